The molecule has 29 heavy (non-hydrogen) atoms. The Morgan fingerprint density at radius 3 is 2.55 bits per heavy atom. The molecule has 8 nitrogen and oxygen atoms in total. The van der Waals surface area contributed by atoms with Gasteiger partial charge < -0.3 is 10.6 Å². The second-order valence-corrected chi connectivity index (χ2v) is 9.16. The minimum atomic E-state index is -5.24. The van der Waals surface area contributed by atoms with Crippen LogP contribution in [0.5, 0.6) is 0 Å². The van der Waals surface area contributed by atoms with Crippen LogP contribution >= 0.6 is 0 Å². The van der Waals surface area contributed by atoms with Gasteiger partial charge in [0.05, 0.1) is 0 Å². The zero-order valence-corrected chi connectivity index (χ0v) is 17.5. The Morgan fingerprint density at radius 2 is 2.00 bits per heavy atom. The summed E-state index contributed by atoms with van der Waals surface area (Å²) >= 11 is 0. The highest BCUT2D eigenvalue weighted by molar-refractivity contribution is 7.90. The van der Waals surface area contributed by atoms with Crippen LogP contribution in [-0.4, -0.2) is 66.7 Å². The van der Waals surface area contributed by atoms with Crippen molar-refractivity contribution in [3.8, 4) is 0 Å². The Morgan fingerprint density at radius 1 is 1.31 bits per heavy atom. The maximum Gasteiger partial charge on any atom is 0.511 e. The van der Waals surface area contributed by atoms with E-state index >= 15 is 0 Å². The fraction of sp³-hybridized carbons (Fsp3) is 0.765. The van der Waals surface area contributed by atoms with E-state index in [0.717, 1.165) is 6.54 Å². The summed E-state index contributed by atoms with van der Waals surface area (Å²) in [5.74, 6) is 1.01. The molecule has 2 rings (SSSR count). The SMILES string of the molecule is CCNC(=NCC(C)Cn1cccn1)NCC1CCN(S(=O)(=O)C(F)(F)F)CC1. The second-order valence-electron chi connectivity index (χ2n) is 7.23. The summed E-state index contributed by atoms with van der Waals surface area (Å²) < 4.78 is 63.3. The predicted molar refractivity (Wildman–Crippen MR) is 105 cm³/mol. The molecule has 0 spiro atoms. The fourth-order valence-corrected chi connectivity index (χ4v) is 4.10. The number of nitrogens with one attached hydrogen (secondary N) is 2. The van der Waals surface area contributed by atoms with Crippen LogP contribution in [0.3, 0.4) is 0 Å². The molecule has 166 valence electrons. The lowest BCUT2D eigenvalue weighted by Crippen LogP contribution is -2.47. The van der Waals surface area contributed by atoms with Gasteiger partial charge in [0.1, 0.15) is 0 Å². The predicted octanol–water partition coefficient (Wildman–Crippen LogP) is 1.64. The molecule has 2 heterocycles. The van der Waals surface area contributed by atoms with E-state index in [1.165, 1.54) is 0 Å². The number of hydrogen-bond donors (Lipinski definition) is 2. The van der Waals surface area contributed by atoms with E-state index in [4.69, 9.17) is 0 Å². The molecule has 0 aliphatic carbocycles. The summed E-state index contributed by atoms with van der Waals surface area (Å²) in [6, 6.07) is 1.87. The van der Waals surface area contributed by atoms with Crippen molar-refractivity contribution in [1.82, 2.24) is 24.7 Å². The lowest BCUT2D eigenvalue weighted by molar-refractivity contribution is -0.0496. The lowest BCUT2D eigenvalue weighted by Gasteiger charge is -2.31. The molecule has 0 aromatic carbocycles. The van der Waals surface area contributed by atoms with Gasteiger partial charge in [0, 0.05) is 51.7 Å². The van der Waals surface area contributed by atoms with Gasteiger partial charge in [-0.25, -0.2) is 8.42 Å². The van der Waals surface area contributed by atoms with Crippen molar-refractivity contribution in [2.24, 2.45) is 16.8 Å². The molecule has 0 amide bonds. The topological polar surface area (TPSA) is 91.6 Å². The number of sulfonamides is 1. The Labute approximate surface area is 169 Å². The number of nitrogens with zero attached hydrogens (tertiary/aromatic N) is 4. The third-order valence-electron chi connectivity index (χ3n) is 4.73. The molecular weight excluding hydrogens is 409 g/mol. The van der Waals surface area contributed by atoms with E-state index in [2.05, 4.69) is 27.6 Å². The lowest BCUT2D eigenvalue weighted by atomic mass is 9.98. The van der Waals surface area contributed by atoms with E-state index in [1.807, 2.05) is 23.9 Å². The van der Waals surface area contributed by atoms with Crippen molar-refractivity contribution in [3.05, 3.63) is 18.5 Å². The maximum absolute atomic E-state index is 12.7. The molecule has 1 unspecified atom stereocenters. The fourth-order valence-electron chi connectivity index (χ4n) is 3.12. The van der Waals surface area contributed by atoms with Crippen molar-refractivity contribution >= 4 is 16.0 Å². The zero-order valence-electron chi connectivity index (χ0n) is 16.7. The zero-order chi connectivity index (χ0) is 21.5. The van der Waals surface area contributed by atoms with Crippen LogP contribution in [0, 0.1) is 11.8 Å². The van der Waals surface area contributed by atoms with Crippen molar-refractivity contribution < 1.29 is 21.6 Å². The Balaban J connectivity index is 1.80. The van der Waals surface area contributed by atoms with E-state index in [0.29, 0.717) is 42.7 Å². The van der Waals surface area contributed by atoms with Crippen LogP contribution in [0.25, 0.3) is 0 Å². The Kier molecular flexibility index (Phi) is 8.32. The van der Waals surface area contributed by atoms with E-state index < -0.39 is 15.5 Å². The molecule has 1 aromatic rings. The number of guanidine groups is 1. The molecule has 1 aliphatic heterocycles. The van der Waals surface area contributed by atoms with Gasteiger partial charge in [0.2, 0.25) is 0 Å². The minimum absolute atomic E-state index is 0.0834. The van der Waals surface area contributed by atoms with Crippen LogP contribution in [-0.2, 0) is 16.6 Å². The monoisotopic (exact) mass is 438 g/mol. The maximum atomic E-state index is 12.7. The van der Waals surface area contributed by atoms with Gasteiger partial charge >= 0.3 is 15.5 Å². The van der Waals surface area contributed by atoms with Crippen LogP contribution in [0.4, 0.5) is 13.2 Å². The van der Waals surface area contributed by atoms with Gasteiger partial charge in [-0.3, -0.25) is 9.67 Å². The summed E-state index contributed by atoms with van der Waals surface area (Å²) in [6.07, 6.45) is 4.37. The first-order chi connectivity index (χ1) is 13.6. The van der Waals surface area contributed by atoms with Crippen LogP contribution < -0.4 is 10.6 Å². The standard InChI is InChI=1S/C17H29F3N6O2S/c1-3-21-16(22-11-14(2)13-25-8-4-7-24-25)23-12-15-5-9-26(10-6-15)29(27,28)17(18,19)20/h4,7-8,14-15H,3,5-6,9-13H2,1-2H3,(H2,21,22,23). The molecule has 1 atom stereocenters. The van der Waals surface area contributed by atoms with Gasteiger partial charge in [-0.15, -0.1) is 0 Å². The first-order valence-corrected chi connectivity index (χ1v) is 11.1. The first kappa shape index (κ1) is 23.5. The van der Waals surface area contributed by atoms with Crippen molar-refractivity contribution in [3.63, 3.8) is 0 Å². The number of hydrogen-bond acceptors (Lipinski definition) is 4. The Hall–Kier alpha value is -1.82. The molecule has 1 fully saturated rings. The van der Waals surface area contributed by atoms with Gasteiger partial charge in [-0.2, -0.15) is 22.6 Å². The first-order valence-electron chi connectivity index (χ1n) is 9.69. The highest BCUT2D eigenvalue weighted by Gasteiger charge is 2.50. The number of rotatable bonds is 8. The summed E-state index contributed by atoms with van der Waals surface area (Å²) in [5, 5.41) is 10.5. The summed E-state index contributed by atoms with van der Waals surface area (Å²) in [7, 11) is -5.23. The molecule has 0 saturated carbocycles. The van der Waals surface area contributed by atoms with E-state index in [9.17, 15) is 21.6 Å². The average molecular weight is 439 g/mol. The van der Waals surface area contributed by atoms with Gasteiger partial charge in [-0.05, 0) is 37.7 Å². The number of halogens is 3. The minimum Gasteiger partial charge on any atom is -0.357 e. The quantitative estimate of drug-likeness (QED) is 0.476. The number of piperidine rings is 1. The summed E-state index contributed by atoms with van der Waals surface area (Å²) in [6.45, 7) is 6.34. The molecule has 1 saturated heterocycles. The average Bonchev–Trinajstić information content (AvgIpc) is 3.16. The molecular formula is C17H29F3N6O2S. The molecule has 1 aromatic heterocycles. The van der Waals surface area contributed by atoms with Crippen LogP contribution in [0.2, 0.25) is 0 Å². The van der Waals surface area contributed by atoms with Crippen molar-refractivity contribution in [1.29, 1.82) is 0 Å². The summed E-state index contributed by atoms with van der Waals surface area (Å²) in [5.41, 5.74) is -5.24. The molecule has 2 N–H and O–H groups in total. The number of aromatic nitrogens is 2. The van der Waals surface area contributed by atoms with Crippen LogP contribution in [0.15, 0.2) is 23.5 Å². The van der Waals surface area contributed by atoms with Crippen molar-refractivity contribution in [2.45, 2.75) is 38.7 Å². The normalized spacial score (nSPS) is 18.6. The largest absolute Gasteiger partial charge is 0.511 e. The van der Waals surface area contributed by atoms with Gasteiger partial charge in [0.15, 0.2) is 5.96 Å². The number of aliphatic imine (C=N–C) groups is 1. The van der Waals surface area contributed by atoms with E-state index in [-0.39, 0.29) is 24.9 Å². The highest BCUT2D eigenvalue weighted by Crippen LogP contribution is 2.30. The third kappa shape index (κ3) is 6.88. The van der Waals surface area contributed by atoms with Gasteiger partial charge in [0.25, 0.3) is 0 Å². The smallest absolute Gasteiger partial charge is 0.357 e. The highest BCUT2D eigenvalue weighted by atomic mass is 32.2. The second kappa shape index (κ2) is 10.3. The summed E-state index contributed by atoms with van der Waals surface area (Å²) in [4.78, 5) is 4.56. The molecule has 0 bridgehead atoms. The van der Waals surface area contributed by atoms with Crippen molar-refractivity contribution in [2.75, 3.05) is 32.7 Å². The van der Waals surface area contributed by atoms with Gasteiger partial charge in [-0.1, -0.05) is 6.92 Å². The molecule has 0 radical (unpaired) electrons. The Bertz CT molecular complexity index is 744. The molecule has 1 aliphatic rings. The van der Waals surface area contributed by atoms with E-state index in [1.54, 1.807) is 6.20 Å². The number of alkyl halides is 3. The molecule has 12 heteroatoms. The van der Waals surface area contributed by atoms with Crippen LogP contribution in [0.1, 0.15) is 26.7 Å². The third-order valence-corrected chi connectivity index (χ3v) is 6.36.